The van der Waals surface area contributed by atoms with Crippen LogP contribution in [0.15, 0.2) is 60.7 Å². The molecule has 0 atom stereocenters. The summed E-state index contributed by atoms with van der Waals surface area (Å²) in [5.41, 5.74) is 7.39. The average molecular weight is 339 g/mol. The summed E-state index contributed by atoms with van der Waals surface area (Å²) in [5, 5.41) is 7.63. The van der Waals surface area contributed by atoms with Gasteiger partial charge in [0, 0.05) is 11.4 Å². The molecule has 88 valence electrons. The smallest absolute Gasteiger partial charge is 0.197 e. The topological polar surface area (TPSA) is 53.1 Å². The van der Waals surface area contributed by atoms with E-state index in [-0.39, 0.29) is 29.9 Å². The minimum atomic E-state index is 0. The van der Waals surface area contributed by atoms with E-state index in [4.69, 9.17) is 11.1 Å². The van der Waals surface area contributed by atoms with E-state index < -0.39 is 0 Å². The van der Waals surface area contributed by atoms with Crippen molar-refractivity contribution in [3.63, 3.8) is 0 Å². The van der Waals surface area contributed by atoms with Crippen molar-refractivity contribution >= 4 is 41.3 Å². The summed E-state index contributed by atoms with van der Waals surface area (Å²) >= 11 is 0. The lowest BCUT2D eigenvalue weighted by molar-refractivity contribution is 1.26. The van der Waals surface area contributed by atoms with Crippen LogP contribution in [0.1, 0.15) is 0 Å². The van der Waals surface area contributed by atoms with E-state index in [1.54, 1.807) is 4.90 Å². The maximum atomic E-state index is 7.63. The standard InChI is InChI=1S/C13H13N3.HI/c14-13(15)16(11-7-3-1-4-8-11)12-9-5-2-6-10-12;/h1-10H,(H3,14,15);1H. The van der Waals surface area contributed by atoms with Gasteiger partial charge in [0.05, 0.1) is 0 Å². The summed E-state index contributed by atoms with van der Waals surface area (Å²) in [5.74, 6) is 0.0115. The Morgan fingerprint density at radius 3 is 1.47 bits per heavy atom. The second kappa shape index (κ2) is 6.24. The minimum Gasteiger partial charge on any atom is -0.369 e. The maximum Gasteiger partial charge on any atom is 0.197 e. The molecule has 2 rings (SSSR count). The average Bonchev–Trinajstić information content (AvgIpc) is 2.31. The number of hydrogen-bond donors (Lipinski definition) is 2. The number of nitrogens with zero attached hydrogens (tertiary/aromatic N) is 1. The zero-order valence-corrected chi connectivity index (χ0v) is 11.5. The summed E-state index contributed by atoms with van der Waals surface area (Å²) in [7, 11) is 0. The van der Waals surface area contributed by atoms with Crippen molar-refractivity contribution in [3.05, 3.63) is 60.7 Å². The predicted molar refractivity (Wildman–Crippen MR) is 82.4 cm³/mol. The molecular formula is C13H14IN3. The fourth-order valence-corrected chi connectivity index (χ4v) is 1.58. The van der Waals surface area contributed by atoms with Gasteiger partial charge >= 0.3 is 0 Å². The molecule has 4 heteroatoms. The van der Waals surface area contributed by atoms with E-state index >= 15 is 0 Å². The molecule has 0 spiro atoms. The third-order valence-electron chi connectivity index (χ3n) is 2.27. The van der Waals surface area contributed by atoms with Crippen molar-refractivity contribution in [2.75, 3.05) is 4.90 Å². The van der Waals surface area contributed by atoms with Gasteiger partial charge in [-0.25, -0.2) is 0 Å². The van der Waals surface area contributed by atoms with E-state index in [9.17, 15) is 0 Å². The summed E-state index contributed by atoms with van der Waals surface area (Å²) < 4.78 is 0. The SMILES string of the molecule is I.N=C(N)N(c1ccccc1)c1ccccc1. The highest BCUT2D eigenvalue weighted by Crippen LogP contribution is 2.23. The molecule has 17 heavy (non-hydrogen) atoms. The molecule has 0 saturated heterocycles. The van der Waals surface area contributed by atoms with Crippen molar-refractivity contribution < 1.29 is 0 Å². The fourth-order valence-electron chi connectivity index (χ4n) is 1.58. The van der Waals surface area contributed by atoms with E-state index in [0.717, 1.165) is 11.4 Å². The highest BCUT2D eigenvalue weighted by Gasteiger charge is 2.10. The molecule has 0 bridgehead atoms. The van der Waals surface area contributed by atoms with Gasteiger partial charge in [-0.05, 0) is 24.3 Å². The van der Waals surface area contributed by atoms with Gasteiger partial charge in [-0.2, -0.15) is 0 Å². The number of nitrogens with one attached hydrogen (secondary N) is 1. The minimum absolute atomic E-state index is 0. The van der Waals surface area contributed by atoms with Gasteiger partial charge < -0.3 is 5.73 Å². The van der Waals surface area contributed by atoms with Crippen LogP contribution >= 0.6 is 24.0 Å². The number of halogens is 1. The molecular weight excluding hydrogens is 325 g/mol. The first-order valence-electron chi connectivity index (χ1n) is 5.03. The lowest BCUT2D eigenvalue weighted by atomic mass is 10.2. The van der Waals surface area contributed by atoms with E-state index in [1.165, 1.54) is 0 Å². The van der Waals surface area contributed by atoms with Crippen LogP contribution in [0.2, 0.25) is 0 Å². The van der Waals surface area contributed by atoms with Crippen molar-refractivity contribution in [2.45, 2.75) is 0 Å². The number of guanidine groups is 1. The van der Waals surface area contributed by atoms with Crippen LogP contribution in [0.3, 0.4) is 0 Å². The van der Waals surface area contributed by atoms with E-state index in [2.05, 4.69) is 0 Å². The fraction of sp³-hybridized carbons (Fsp3) is 0. The lowest BCUT2D eigenvalue weighted by Gasteiger charge is -2.22. The quantitative estimate of drug-likeness (QED) is 0.501. The van der Waals surface area contributed by atoms with Gasteiger partial charge in [-0.3, -0.25) is 10.3 Å². The molecule has 0 heterocycles. The Morgan fingerprint density at radius 2 is 1.18 bits per heavy atom. The molecule has 0 saturated carbocycles. The molecule has 3 N–H and O–H groups in total. The second-order valence-corrected chi connectivity index (χ2v) is 3.39. The van der Waals surface area contributed by atoms with Crippen LogP contribution in [-0.4, -0.2) is 5.96 Å². The molecule has 0 amide bonds. The Labute approximate surface area is 118 Å². The number of rotatable bonds is 2. The van der Waals surface area contributed by atoms with Gasteiger partial charge in [-0.1, -0.05) is 36.4 Å². The normalized spacial score (nSPS) is 9.18. The van der Waals surface area contributed by atoms with Crippen LogP contribution in [0, 0.1) is 5.41 Å². The molecule has 2 aromatic carbocycles. The molecule has 2 aromatic rings. The number of para-hydroxylation sites is 2. The van der Waals surface area contributed by atoms with Crippen molar-refractivity contribution in [1.82, 2.24) is 0 Å². The lowest BCUT2D eigenvalue weighted by Crippen LogP contribution is -2.32. The molecule has 0 aliphatic rings. The van der Waals surface area contributed by atoms with Gasteiger partial charge in [0.2, 0.25) is 0 Å². The first-order valence-corrected chi connectivity index (χ1v) is 5.03. The third kappa shape index (κ3) is 3.20. The number of anilines is 2. The number of benzene rings is 2. The van der Waals surface area contributed by atoms with Crippen LogP contribution in [-0.2, 0) is 0 Å². The summed E-state index contributed by atoms with van der Waals surface area (Å²) in [6.07, 6.45) is 0. The summed E-state index contributed by atoms with van der Waals surface area (Å²) in [6, 6.07) is 19.3. The molecule has 0 aliphatic carbocycles. The zero-order valence-electron chi connectivity index (χ0n) is 9.21. The van der Waals surface area contributed by atoms with Gasteiger partial charge in [0.1, 0.15) is 0 Å². The Kier molecular flexibility index (Phi) is 4.96. The van der Waals surface area contributed by atoms with Crippen LogP contribution in [0.25, 0.3) is 0 Å². The highest BCUT2D eigenvalue weighted by atomic mass is 127. The molecule has 0 radical (unpaired) electrons. The van der Waals surface area contributed by atoms with E-state index in [1.807, 2.05) is 60.7 Å². The van der Waals surface area contributed by atoms with Gasteiger partial charge in [0.15, 0.2) is 5.96 Å². The summed E-state index contributed by atoms with van der Waals surface area (Å²) in [6.45, 7) is 0. The maximum absolute atomic E-state index is 7.63. The Morgan fingerprint density at radius 1 is 0.824 bits per heavy atom. The Hall–Kier alpha value is -1.56. The third-order valence-corrected chi connectivity index (χ3v) is 2.27. The Balaban J connectivity index is 0.00000144. The first-order chi connectivity index (χ1) is 7.79. The molecule has 0 fully saturated rings. The van der Waals surface area contributed by atoms with Crippen molar-refractivity contribution in [1.29, 1.82) is 5.41 Å². The van der Waals surface area contributed by atoms with Crippen LogP contribution in [0.5, 0.6) is 0 Å². The van der Waals surface area contributed by atoms with E-state index in [0.29, 0.717) is 0 Å². The highest BCUT2D eigenvalue weighted by molar-refractivity contribution is 14.0. The largest absolute Gasteiger partial charge is 0.369 e. The zero-order chi connectivity index (χ0) is 11.4. The predicted octanol–water partition coefficient (Wildman–Crippen LogP) is 3.34. The second-order valence-electron chi connectivity index (χ2n) is 3.39. The number of nitrogens with two attached hydrogens (primary N) is 1. The Bertz CT molecular complexity index is 431. The first kappa shape index (κ1) is 13.5. The summed E-state index contributed by atoms with van der Waals surface area (Å²) in [4.78, 5) is 1.69. The van der Waals surface area contributed by atoms with Crippen LogP contribution in [0.4, 0.5) is 11.4 Å². The van der Waals surface area contributed by atoms with Gasteiger partial charge in [-0.15, -0.1) is 24.0 Å². The molecule has 3 nitrogen and oxygen atoms in total. The molecule has 0 unspecified atom stereocenters. The molecule has 0 aliphatic heterocycles. The van der Waals surface area contributed by atoms with Gasteiger partial charge in [0.25, 0.3) is 0 Å². The number of hydrogen-bond acceptors (Lipinski definition) is 1. The van der Waals surface area contributed by atoms with Crippen molar-refractivity contribution in [3.8, 4) is 0 Å². The van der Waals surface area contributed by atoms with Crippen LogP contribution < -0.4 is 10.6 Å². The molecule has 0 aromatic heterocycles. The monoisotopic (exact) mass is 339 g/mol. The van der Waals surface area contributed by atoms with Crippen molar-refractivity contribution in [2.24, 2.45) is 5.73 Å².